The van der Waals surface area contributed by atoms with Gasteiger partial charge in [0.15, 0.2) is 10.8 Å². The van der Waals surface area contributed by atoms with E-state index in [2.05, 4.69) is 63.6 Å². The van der Waals surface area contributed by atoms with E-state index in [1.165, 1.54) is 16.9 Å². The molecule has 1 heterocycles. The van der Waals surface area contributed by atoms with Gasteiger partial charge >= 0.3 is 5.97 Å². The number of carbonyl (C=O) groups excluding carboxylic acids is 1. The molecule has 0 unspecified atom stereocenters. The Kier molecular flexibility index (Phi) is 6.01. The fourth-order valence-electron chi connectivity index (χ4n) is 2.47. The number of carbonyl (C=O) groups is 1. The number of aryl methyl sites for hydroxylation is 2. The van der Waals surface area contributed by atoms with Crippen LogP contribution in [0.4, 0.5) is 5.13 Å². The van der Waals surface area contributed by atoms with E-state index in [0.29, 0.717) is 17.4 Å². The van der Waals surface area contributed by atoms with Crippen molar-refractivity contribution >= 4 is 22.4 Å². The van der Waals surface area contributed by atoms with Crippen molar-refractivity contribution < 1.29 is 9.53 Å². The molecule has 134 valence electrons. The van der Waals surface area contributed by atoms with Gasteiger partial charge in [-0.1, -0.05) is 39.0 Å². The number of anilines is 1. The highest BCUT2D eigenvalue weighted by Gasteiger charge is 2.18. The Labute approximate surface area is 153 Å². The number of thiazole rings is 1. The second-order valence-corrected chi connectivity index (χ2v) is 7.98. The van der Waals surface area contributed by atoms with Gasteiger partial charge in [0.05, 0.1) is 0 Å². The number of nitrogens with one attached hydrogen (secondary N) is 1. The first-order chi connectivity index (χ1) is 11.7. The molecular weight excluding hydrogens is 332 g/mol. The molecule has 25 heavy (non-hydrogen) atoms. The van der Waals surface area contributed by atoms with Gasteiger partial charge in [0.2, 0.25) is 0 Å². The summed E-state index contributed by atoms with van der Waals surface area (Å²) in [7, 11) is 0. The Bertz CT molecular complexity index is 749. The van der Waals surface area contributed by atoms with Crippen LogP contribution in [0.2, 0.25) is 0 Å². The van der Waals surface area contributed by atoms with Crippen LogP contribution in [-0.4, -0.2) is 17.5 Å². The van der Waals surface area contributed by atoms with Crippen molar-refractivity contribution in [2.45, 2.75) is 46.6 Å². The zero-order chi connectivity index (χ0) is 18.6. The minimum Gasteiger partial charge on any atom is -0.456 e. The van der Waals surface area contributed by atoms with Gasteiger partial charge in [0.25, 0.3) is 0 Å². The van der Waals surface area contributed by atoms with E-state index in [1.807, 2.05) is 0 Å². The lowest BCUT2D eigenvalue weighted by atomic mass is 9.84. The largest absolute Gasteiger partial charge is 0.456 e. The summed E-state index contributed by atoms with van der Waals surface area (Å²) in [5, 5.41) is 5.46. The smallest absolute Gasteiger partial charge is 0.358 e. The van der Waals surface area contributed by atoms with E-state index in [0.717, 1.165) is 16.7 Å². The van der Waals surface area contributed by atoms with Gasteiger partial charge < -0.3 is 10.1 Å². The Morgan fingerprint density at radius 2 is 1.96 bits per heavy atom. The van der Waals surface area contributed by atoms with Crippen LogP contribution in [0.3, 0.4) is 0 Å². The third kappa shape index (κ3) is 4.92. The third-order valence-corrected chi connectivity index (χ3v) is 4.82. The molecule has 0 radical (unpaired) electrons. The Balaban J connectivity index is 2.07. The number of hydrogen-bond acceptors (Lipinski definition) is 5. The molecule has 0 atom stereocenters. The van der Waals surface area contributed by atoms with E-state index in [1.54, 1.807) is 11.5 Å². The van der Waals surface area contributed by atoms with Crippen molar-refractivity contribution in [2.75, 3.05) is 11.9 Å². The zero-order valence-corrected chi connectivity index (χ0v) is 16.4. The number of nitrogens with zero attached hydrogens (tertiary/aromatic N) is 1. The highest BCUT2D eigenvalue weighted by Crippen LogP contribution is 2.27. The number of aromatic nitrogens is 1. The van der Waals surface area contributed by atoms with Crippen molar-refractivity contribution in [3.8, 4) is 0 Å². The van der Waals surface area contributed by atoms with E-state index in [4.69, 9.17) is 4.74 Å². The van der Waals surface area contributed by atoms with Crippen molar-refractivity contribution in [3.05, 3.63) is 58.1 Å². The van der Waals surface area contributed by atoms with Crippen molar-refractivity contribution in [3.63, 3.8) is 0 Å². The average molecular weight is 359 g/mol. The summed E-state index contributed by atoms with van der Waals surface area (Å²) in [4.78, 5) is 16.5. The summed E-state index contributed by atoms with van der Waals surface area (Å²) in [6.45, 7) is 15.2. The number of benzene rings is 1. The fourth-order valence-corrected chi connectivity index (χ4v) is 3.16. The summed E-state index contributed by atoms with van der Waals surface area (Å²) < 4.78 is 5.48. The van der Waals surface area contributed by atoms with Gasteiger partial charge in [-0.05, 0) is 41.5 Å². The molecular formula is C20H26N2O2S. The summed E-state index contributed by atoms with van der Waals surface area (Å²) in [6.07, 6.45) is 1.74. The molecule has 2 aromatic rings. The lowest BCUT2D eigenvalue weighted by Crippen LogP contribution is -2.13. The lowest BCUT2D eigenvalue weighted by Gasteiger charge is -2.22. The normalized spacial score (nSPS) is 11.2. The standard InChI is InChI=1S/C20H26N2O2S/c1-7-8-21-19-22-17(12-25-19)18(23)24-11-16-13(2)9-15(10-14(16)3)20(4,5)6/h7,9-10,12H,1,8,11H2,2-6H3,(H,21,22). The van der Waals surface area contributed by atoms with Gasteiger partial charge in [0.1, 0.15) is 6.61 Å². The molecule has 0 aliphatic heterocycles. The molecule has 0 aliphatic rings. The molecule has 0 amide bonds. The summed E-state index contributed by atoms with van der Waals surface area (Å²) in [5.41, 5.74) is 5.06. The first-order valence-electron chi connectivity index (χ1n) is 8.30. The van der Waals surface area contributed by atoms with Gasteiger partial charge in [-0.3, -0.25) is 0 Å². The molecule has 0 spiro atoms. The predicted molar refractivity (Wildman–Crippen MR) is 105 cm³/mol. The molecule has 0 saturated heterocycles. The Morgan fingerprint density at radius 1 is 1.32 bits per heavy atom. The first kappa shape index (κ1) is 19.2. The Hall–Kier alpha value is -2.14. The molecule has 2 rings (SSSR count). The van der Waals surface area contributed by atoms with Gasteiger partial charge in [0, 0.05) is 11.9 Å². The quantitative estimate of drug-likeness (QED) is 0.582. The SMILES string of the molecule is C=CCNc1nc(C(=O)OCc2c(C)cc(C(C)(C)C)cc2C)cs1. The average Bonchev–Trinajstić information content (AvgIpc) is 2.99. The third-order valence-electron chi connectivity index (χ3n) is 4.02. The predicted octanol–water partition coefficient (Wildman–Crippen LogP) is 5.01. The molecule has 5 heteroatoms. The van der Waals surface area contributed by atoms with Crippen molar-refractivity contribution in [2.24, 2.45) is 0 Å². The first-order valence-corrected chi connectivity index (χ1v) is 9.18. The molecule has 0 saturated carbocycles. The second kappa shape index (κ2) is 7.83. The molecule has 4 nitrogen and oxygen atoms in total. The van der Waals surface area contributed by atoms with Crippen LogP contribution < -0.4 is 5.32 Å². The summed E-state index contributed by atoms with van der Waals surface area (Å²) >= 11 is 1.38. The molecule has 0 fully saturated rings. The maximum Gasteiger partial charge on any atom is 0.358 e. The monoisotopic (exact) mass is 358 g/mol. The molecule has 1 aromatic carbocycles. The maximum atomic E-state index is 12.2. The highest BCUT2D eigenvalue weighted by molar-refractivity contribution is 7.13. The van der Waals surface area contributed by atoms with Crippen LogP contribution >= 0.6 is 11.3 Å². The van der Waals surface area contributed by atoms with Crippen LogP contribution in [0, 0.1) is 13.8 Å². The van der Waals surface area contributed by atoms with E-state index in [9.17, 15) is 4.79 Å². The molecule has 1 aromatic heterocycles. The number of rotatable bonds is 6. The van der Waals surface area contributed by atoms with Crippen LogP contribution in [0.1, 0.15) is 53.5 Å². The maximum absolute atomic E-state index is 12.2. The molecule has 1 N–H and O–H groups in total. The topological polar surface area (TPSA) is 51.2 Å². The van der Waals surface area contributed by atoms with Crippen LogP contribution in [0.5, 0.6) is 0 Å². The van der Waals surface area contributed by atoms with Crippen LogP contribution in [0.25, 0.3) is 0 Å². The fraction of sp³-hybridized carbons (Fsp3) is 0.400. The summed E-state index contributed by atoms with van der Waals surface area (Å²) in [6, 6.07) is 4.35. The van der Waals surface area contributed by atoms with Crippen LogP contribution in [0.15, 0.2) is 30.2 Å². The van der Waals surface area contributed by atoms with E-state index in [-0.39, 0.29) is 12.0 Å². The number of hydrogen-bond donors (Lipinski definition) is 1. The number of esters is 1. The minimum absolute atomic E-state index is 0.0974. The van der Waals surface area contributed by atoms with Gasteiger partial charge in [-0.25, -0.2) is 9.78 Å². The van der Waals surface area contributed by atoms with E-state index >= 15 is 0 Å². The molecule has 0 bridgehead atoms. The van der Waals surface area contributed by atoms with Crippen molar-refractivity contribution in [1.29, 1.82) is 0 Å². The Morgan fingerprint density at radius 3 is 2.52 bits per heavy atom. The highest BCUT2D eigenvalue weighted by atomic mass is 32.1. The summed E-state index contributed by atoms with van der Waals surface area (Å²) in [5.74, 6) is -0.401. The number of ether oxygens (including phenoxy) is 1. The van der Waals surface area contributed by atoms with Gasteiger partial charge in [-0.15, -0.1) is 17.9 Å². The van der Waals surface area contributed by atoms with E-state index < -0.39 is 5.97 Å². The zero-order valence-electron chi connectivity index (χ0n) is 15.6. The van der Waals surface area contributed by atoms with Gasteiger partial charge in [-0.2, -0.15) is 0 Å². The minimum atomic E-state index is -0.401. The lowest BCUT2D eigenvalue weighted by molar-refractivity contribution is 0.0465. The van der Waals surface area contributed by atoms with Crippen molar-refractivity contribution in [1.82, 2.24) is 4.98 Å². The second-order valence-electron chi connectivity index (χ2n) is 7.12. The molecule has 0 aliphatic carbocycles. The van der Waals surface area contributed by atoms with Crippen LogP contribution in [-0.2, 0) is 16.8 Å².